The molecule has 0 aliphatic rings. The van der Waals surface area contributed by atoms with Crippen LogP contribution in [0.1, 0.15) is 41.9 Å². The van der Waals surface area contributed by atoms with Crippen LogP contribution in [0.5, 0.6) is 17.2 Å². The summed E-state index contributed by atoms with van der Waals surface area (Å²) >= 11 is 0. The maximum absolute atomic E-state index is 15.1. The van der Waals surface area contributed by atoms with Crippen molar-refractivity contribution in [3.63, 3.8) is 0 Å². The number of fused-ring (bicyclic) bond motifs is 1. The van der Waals surface area contributed by atoms with Crippen LogP contribution in [0.25, 0.3) is 10.9 Å². The molecule has 2 aromatic carbocycles. The number of carbonyl (C=O) groups is 2. The molecule has 0 bridgehead atoms. The second-order valence-electron chi connectivity index (χ2n) is 7.06. The van der Waals surface area contributed by atoms with Crippen molar-refractivity contribution >= 4 is 22.8 Å². The molecule has 170 valence electrons. The summed E-state index contributed by atoms with van der Waals surface area (Å²) in [6.45, 7) is 4.35. The minimum Gasteiger partial charge on any atom is -0.505 e. The molecule has 0 radical (unpaired) electrons. The number of hydrogen-bond donors (Lipinski definition) is 1. The Morgan fingerprint density at radius 3 is 2.31 bits per heavy atom. The summed E-state index contributed by atoms with van der Waals surface area (Å²) in [6.07, 6.45) is -3.97. The molecule has 0 saturated heterocycles. The first-order valence-corrected chi connectivity index (χ1v) is 9.58. The summed E-state index contributed by atoms with van der Waals surface area (Å²) in [7, 11) is 0. The zero-order valence-electron chi connectivity index (χ0n) is 17.3. The summed E-state index contributed by atoms with van der Waals surface area (Å²) in [5.41, 5.74) is 0.382. The van der Waals surface area contributed by atoms with Gasteiger partial charge in [0.15, 0.2) is 17.3 Å². The summed E-state index contributed by atoms with van der Waals surface area (Å²) in [6, 6.07) is 5.64. The molecule has 0 amide bonds. The van der Waals surface area contributed by atoms with Crippen molar-refractivity contribution < 1.29 is 41.7 Å². The maximum atomic E-state index is 15.1. The smallest absolute Gasteiger partial charge is 0.505 e. The summed E-state index contributed by atoms with van der Waals surface area (Å²) in [5.74, 6) is -3.84. The van der Waals surface area contributed by atoms with Gasteiger partial charge in [-0.1, -0.05) is 13.3 Å². The lowest BCUT2D eigenvalue weighted by Gasteiger charge is -2.11. The predicted octanol–water partition coefficient (Wildman–Crippen LogP) is 5.26. The topological polar surface area (TPSA) is 77.8 Å². The highest BCUT2D eigenvalue weighted by molar-refractivity contribution is 6.06. The van der Waals surface area contributed by atoms with E-state index >= 15 is 4.39 Å². The fourth-order valence-electron chi connectivity index (χ4n) is 3.45. The lowest BCUT2D eigenvalue weighted by atomic mass is 10.1. The first-order chi connectivity index (χ1) is 14.9. The maximum Gasteiger partial charge on any atom is 0.573 e. The Morgan fingerprint density at radius 2 is 1.78 bits per heavy atom. The standard InChI is InChI=1S/C22H19F4NO5/c1-4-5-14-10-16-17(18(23)19(14)29)20(31-12(3)28)11(2)27(16)21(30)13-6-8-15(9-7-13)32-22(24,25)26/h6-10,29H,4-5H2,1-3H3. The summed E-state index contributed by atoms with van der Waals surface area (Å²) in [4.78, 5) is 24.8. The molecule has 0 aliphatic heterocycles. The number of carbonyl (C=O) groups excluding carboxylic acids is 2. The first-order valence-electron chi connectivity index (χ1n) is 9.58. The van der Waals surface area contributed by atoms with Crippen molar-refractivity contribution in [3.05, 3.63) is 53.0 Å². The molecule has 0 saturated carbocycles. The van der Waals surface area contributed by atoms with Gasteiger partial charge in [0, 0.05) is 12.5 Å². The molecule has 3 aromatic rings. The second kappa shape index (κ2) is 8.52. The zero-order chi connectivity index (χ0) is 23.8. The molecular weight excluding hydrogens is 434 g/mol. The van der Waals surface area contributed by atoms with Gasteiger partial charge in [0.2, 0.25) is 0 Å². The first kappa shape index (κ1) is 23.1. The van der Waals surface area contributed by atoms with Gasteiger partial charge in [-0.15, -0.1) is 13.2 Å². The fraction of sp³-hybridized carbons (Fsp3) is 0.273. The van der Waals surface area contributed by atoms with E-state index in [1.54, 1.807) is 0 Å². The van der Waals surface area contributed by atoms with Crippen molar-refractivity contribution in [2.45, 2.75) is 40.0 Å². The molecule has 32 heavy (non-hydrogen) atoms. The fourth-order valence-corrected chi connectivity index (χ4v) is 3.45. The molecule has 6 nitrogen and oxygen atoms in total. The lowest BCUT2D eigenvalue weighted by Crippen LogP contribution is -2.17. The molecule has 10 heteroatoms. The van der Waals surface area contributed by atoms with Crippen LogP contribution in [0.2, 0.25) is 0 Å². The number of esters is 1. The van der Waals surface area contributed by atoms with Gasteiger partial charge in [-0.05, 0) is 49.2 Å². The number of aromatic hydroxyl groups is 1. The molecule has 1 aromatic heterocycles. The Bertz CT molecular complexity index is 1200. The van der Waals surface area contributed by atoms with Gasteiger partial charge in [-0.3, -0.25) is 14.2 Å². The van der Waals surface area contributed by atoms with Crippen LogP contribution in [-0.4, -0.2) is 27.9 Å². The van der Waals surface area contributed by atoms with E-state index in [1.807, 2.05) is 6.92 Å². The third-order valence-electron chi connectivity index (χ3n) is 4.73. The van der Waals surface area contributed by atoms with Gasteiger partial charge in [-0.25, -0.2) is 4.39 Å². The van der Waals surface area contributed by atoms with Gasteiger partial charge in [0.1, 0.15) is 5.75 Å². The third kappa shape index (κ3) is 4.39. The molecule has 0 aliphatic carbocycles. The number of aryl methyl sites for hydroxylation is 1. The van der Waals surface area contributed by atoms with Gasteiger partial charge in [-0.2, -0.15) is 0 Å². The summed E-state index contributed by atoms with van der Waals surface area (Å²) in [5, 5.41) is 10.00. The Morgan fingerprint density at radius 1 is 1.16 bits per heavy atom. The largest absolute Gasteiger partial charge is 0.573 e. The number of halogens is 4. The number of aromatic nitrogens is 1. The van der Waals surface area contributed by atoms with Gasteiger partial charge in [0.05, 0.1) is 16.6 Å². The SMILES string of the molecule is CCCc1cc2c(c(F)c1O)c(OC(C)=O)c(C)n2C(=O)c1ccc(OC(F)(F)F)cc1. The van der Waals surface area contributed by atoms with E-state index in [1.165, 1.54) is 13.0 Å². The number of benzene rings is 2. The van der Waals surface area contributed by atoms with Crippen LogP contribution in [0.3, 0.4) is 0 Å². The molecule has 0 atom stereocenters. The van der Waals surface area contributed by atoms with E-state index in [4.69, 9.17) is 4.74 Å². The van der Waals surface area contributed by atoms with E-state index in [0.717, 1.165) is 35.8 Å². The number of nitrogens with zero attached hydrogens (tertiary/aromatic N) is 1. The van der Waals surface area contributed by atoms with Gasteiger partial charge in [0.25, 0.3) is 5.91 Å². The van der Waals surface area contributed by atoms with E-state index in [0.29, 0.717) is 12.8 Å². The Hall–Kier alpha value is -3.56. The highest BCUT2D eigenvalue weighted by atomic mass is 19.4. The molecular formula is C22H19F4NO5. The van der Waals surface area contributed by atoms with E-state index < -0.39 is 35.6 Å². The van der Waals surface area contributed by atoms with Crippen molar-refractivity contribution in [2.75, 3.05) is 0 Å². The molecule has 3 rings (SSSR count). The summed E-state index contributed by atoms with van der Waals surface area (Å²) < 4.78 is 62.2. The van der Waals surface area contributed by atoms with Crippen molar-refractivity contribution in [1.29, 1.82) is 0 Å². The van der Waals surface area contributed by atoms with Crippen molar-refractivity contribution in [3.8, 4) is 17.2 Å². The number of alkyl halides is 3. The second-order valence-corrected chi connectivity index (χ2v) is 7.06. The van der Waals surface area contributed by atoms with Crippen LogP contribution in [0.4, 0.5) is 17.6 Å². The molecule has 1 N–H and O–H groups in total. The number of phenolic OH excluding ortho intramolecular Hbond substituents is 1. The minimum atomic E-state index is -4.88. The minimum absolute atomic E-state index is 0.0144. The molecule has 0 spiro atoms. The Labute approximate surface area is 180 Å². The highest BCUT2D eigenvalue weighted by Gasteiger charge is 2.31. The highest BCUT2D eigenvalue weighted by Crippen LogP contribution is 2.40. The van der Waals surface area contributed by atoms with E-state index in [2.05, 4.69) is 4.74 Å². The quantitative estimate of drug-likeness (QED) is 0.421. The van der Waals surface area contributed by atoms with Crippen LogP contribution in [0, 0.1) is 12.7 Å². The van der Waals surface area contributed by atoms with Crippen LogP contribution >= 0.6 is 0 Å². The van der Waals surface area contributed by atoms with Gasteiger partial charge < -0.3 is 14.6 Å². The number of rotatable bonds is 5. The number of phenols is 1. The molecule has 0 unspecified atom stereocenters. The Balaban J connectivity index is 2.19. The van der Waals surface area contributed by atoms with Crippen LogP contribution < -0.4 is 9.47 Å². The van der Waals surface area contributed by atoms with Crippen molar-refractivity contribution in [1.82, 2.24) is 4.57 Å². The molecule has 1 heterocycles. The number of ether oxygens (including phenoxy) is 2. The zero-order valence-corrected chi connectivity index (χ0v) is 17.3. The third-order valence-corrected chi connectivity index (χ3v) is 4.73. The van der Waals surface area contributed by atoms with E-state index in [-0.39, 0.29) is 33.5 Å². The average molecular weight is 453 g/mol. The Kier molecular flexibility index (Phi) is 6.16. The van der Waals surface area contributed by atoms with Crippen LogP contribution in [0.15, 0.2) is 30.3 Å². The van der Waals surface area contributed by atoms with Gasteiger partial charge >= 0.3 is 12.3 Å². The van der Waals surface area contributed by atoms with Crippen molar-refractivity contribution in [2.24, 2.45) is 0 Å². The van der Waals surface area contributed by atoms with Crippen LogP contribution in [-0.2, 0) is 11.2 Å². The number of hydrogen-bond acceptors (Lipinski definition) is 5. The molecule has 0 fully saturated rings. The normalized spacial score (nSPS) is 11.6. The monoisotopic (exact) mass is 453 g/mol. The average Bonchev–Trinajstić information content (AvgIpc) is 2.96. The lowest BCUT2D eigenvalue weighted by molar-refractivity contribution is -0.274. The predicted molar refractivity (Wildman–Crippen MR) is 106 cm³/mol. The van der Waals surface area contributed by atoms with E-state index in [9.17, 15) is 27.9 Å².